The number of carbonyl (C=O) groups is 4. The Bertz CT molecular complexity index is 829. The van der Waals surface area contributed by atoms with E-state index in [0.717, 1.165) is 4.90 Å². The van der Waals surface area contributed by atoms with Crippen LogP contribution in [0, 0.1) is 5.92 Å². The van der Waals surface area contributed by atoms with Gasteiger partial charge in [-0.15, -0.1) is 0 Å². The quantitative estimate of drug-likeness (QED) is 0.233. The molecule has 2 heterocycles. The van der Waals surface area contributed by atoms with Gasteiger partial charge in [0.2, 0.25) is 17.7 Å². The van der Waals surface area contributed by atoms with Gasteiger partial charge in [-0.1, -0.05) is 20.3 Å². The molecule has 0 bridgehead atoms. The zero-order valence-corrected chi connectivity index (χ0v) is 19.2. The molecule has 33 heavy (non-hydrogen) atoms. The van der Waals surface area contributed by atoms with E-state index in [4.69, 9.17) is 5.73 Å². The van der Waals surface area contributed by atoms with Crippen LogP contribution < -0.4 is 16.4 Å². The van der Waals surface area contributed by atoms with Crippen LogP contribution in [0.5, 0.6) is 0 Å². The lowest BCUT2D eigenvalue weighted by Gasteiger charge is -2.31. The Kier molecular flexibility index (Phi) is 9.35. The number of carbonyl (C=O) groups excluding carboxylic acids is 3. The summed E-state index contributed by atoms with van der Waals surface area (Å²) >= 11 is 0. The first-order valence-electron chi connectivity index (χ1n) is 11.1. The molecule has 0 aromatic carbocycles. The van der Waals surface area contributed by atoms with E-state index in [0.29, 0.717) is 25.0 Å². The number of aromatic nitrogens is 2. The van der Waals surface area contributed by atoms with E-state index in [2.05, 4.69) is 20.6 Å². The third kappa shape index (κ3) is 6.75. The highest BCUT2D eigenvalue weighted by Gasteiger charge is 2.40. The minimum Gasteiger partial charge on any atom is -0.480 e. The molecule has 3 amide bonds. The van der Waals surface area contributed by atoms with Crippen LogP contribution in [0.3, 0.4) is 0 Å². The summed E-state index contributed by atoms with van der Waals surface area (Å²) in [5.74, 6) is -3.30. The minimum atomic E-state index is -1.35. The molecular formula is C21H34N6O6. The third-order valence-corrected chi connectivity index (χ3v) is 5.99. The average molecular weight is 467 g/mol. The van der Waals surface area contributed by atoms with Crippen LogP contribution in [0.15, 0.2) is 12.5 Å². The van der Waals surface area contributed by atoms with Crippen LogP contribution in [-0.2, 0) is 25.6 Å². The molecular weight excluding hydrogens is 432 g/mol. The fraction of sp³-hybridized carbons (Fsp3) is 0.667. The van der Waals surface area contributed by atoms with Gasteiger partial charge in [0.25, 0.3) is 0 Å². The monoisotopic (exact) mass is 466 g/mol. The fourth-order valence-electron chi connectivity index (χ4n) is 3.79. The number of imidazole rings is 1. The van der Waals surface area contributed by atoms with Gasteiger partial charge in [0.1, 0.15) is 18.1 Å². The Morgan fingerprint density at radius 2 is 1.91 bits per heavy atom. The molecule has 1 aromatic rings. The molecule has 12 nitrogen and oxygen atoms in total. The summed E-state index contributed by atoms with van der Waals surface area (Å²) < 4.78 is 0. The van der Waals surface area contributed by atoms with Gasteiger partial charge in [-0.3, -0.25) is 14.4 Å². The van der Waals surface area contributed by atoms with Crippen molar-refractivity contribution in [2.75, 3.05) is 6.54 Å². The van der Waals surface area contributed by atoms with Gasteiger partial charge in [-0.2, -0.15) is 0 Å². The highest BCUT2D eigenvalue weighted by atomic mass is 16.4. The number of carboxylic acids is 1. The lowest BCUT2D eigenvalue weighted by Crippen LogP contribution is -2.61. The second-order valence-corrected chi connectivity index (χ2v) is 8.51. The van der Waals surface area contributed by atoms with E-state index in [1.165, 1.54) is 13.3 Å². The summed E-state index contributed by atoms with van der Waals surface area (Å²) in [5, 5.41) is 24.7. The lowest BCUT2D eigenvalue weighted by molar-refractivity contribution is -0.151. The topological polar surface area (TPSA) is 191 Å². The number of aliphatic hydroxyl groups excluding tert-OH is 1. The predicted molar refractivity (Wildman–Crippen MR) is 118 cm³/mol. The number of aromatic amines is 1. The number of amides is 3. The Labute approximate surface area is 192 Å². The highest BCUT2D eigenvalue weighted by Crippen LogP contribution is 2.19. The number of nitrogens with two attached hydrogens (primary N) is 1. The Morgan fingerprint density at radius 3 is 2.45 bits per heavy atom. The van der Waals surface area contributed by atoms with Crippen molar-refractivity contribution >= 4 is 23.7 Å². The first-order valence-corrected chi connectivity index (χ1v) is 11.1. The minimum absolute atomic E-state index is 0.195. The van der Waals surface area contributed by atoms with Crippen LogP contribution in [0.1, 0.15) is 45.7 Å². The van der Waals surface area contributed by atoms with Crippen LogP contribution in [0.4, 0.5) is 0 Å². The number of carboxylic acid groups (broad SMARTS) is 1. The number of H-pyrrole nitrogens is 1. The smallest absolute Gasteiger partial charge is 0.326 e. The molecule has 0 saturated carbocycles. The molecule has 6 unspecified atom stereocenters. The van der Waals surface area contributed by atoms with E-state index in [1.807, 2.05) is 6.92 Å². The number of hydrogen-bond donors (Lipinski definition) is 6. The zero-order valence-electron chi connectivity index (χ0n) is 19.2. The van der Waals surface area contributed by atoms with E-state index in [1.54, 1.807) is 13.1 Å². The van der Waals surface area contributed by atoms with Gasteiger partial charge in [-0.25, -0.2) is 9.78 Å². The second-order valence-electron chi connectivity index (χ2n) is 8.51. The van der Waals surface area contributed by atoms with Gasteiger partial charge in [-0.05, 0) is 25.7 Å². The summed E-state index contributed by atoms with van der Waals surface area (Å²) in [6.07, 6.45) is 3.32. The number of nitrogens with zero attached hydrogens (tertiary/aromatic N) is 2. The van der Waals surface area contributed by atoms with Gasteiger partial charge in [0.15, 0.2) is 0 Å². The zero-order chi connectivity index (χ0) is 24.7. The Morgan fingerprint density at radius 1 is 1.24 bits per heavy atom. The van der Waals surface area contributed by atoms with Gasteiger partial charge < -0.3 is 36.5 Å². The first-order chi connectivity index (χ1) is 15.6. The normalized spacial score (nSPS) is 20.4. The van der Waals surface area contributed by atoms with E-state index in [9.17, 15) is 29.4 Å². The molecule has 0 spiro atoms. The van der Waals surface area contributed by atoms with Crippen LogP contribution >= 0.6 is 0 Å². The molecule has 1 saturated heterocycles. The molecule has 7 N–H and O–H groups in total. The van der Waals surface area contributed by atoms with Crippen molar-refractivity contribution in [3.05, 3.63) is 18.2 Å². The van der Waals surface area contributed by atoms with E-state index < -0.39 is 54.0 Å². The van der Waals surface area contributed by atoms with Crippen LogP contribution in [-0.4, -0.2) is 85.6 Å². The van der Waals surface area contributed by atoms with Gasteiger partial charge in [0, 0.05) is 24.9 Å². The highest BCUT2D eigenvalue weighted by molar-refractivity contribution is 5.94. The maximum absolute atomic E-state index is 13.1. The summed E-state index contributed by atoms with van der Waals surface area (Å²) in [6.45, 7) is 5.18. The molecule has 1 aromatic heterocycles. The number of aliphatic carboxylic acids is 1. The van der Waals surface area contributed by atoms with E-state index in [-0.39, 0.29) is 18.9 Å². The Balaban J connectivity index is 2.11. The molecule has 0 aliphatic carbocycles. The summed E-state index contributed by atoms with van der Waals surface area (Å²) in [5.41, 5.74) is 6.64. The number of aliphatic hydroxyl groups is 1. The van der Waals surface area contributed by atoms with Crippen LogP contribution in [0.2, 0.25) is 0 Å². The SMILES string of the molecule is CCC(C)C(NC(=O)C(N)Cc1cnc[nH]1)C(=O)NC(C(=O)N1CCCC1C(=O)O)C(C)O. The Hall–Kier alpha value is -2.99. The van der Waals surface area contributed by atoms with Crippen molar-refractivity contribution in [2.45, 2.75) is 76.7 Å². The second kappa shape index (κ2) is 11.8. The predicted octanol–water partition coefficient (Wildman–Crippen LogP) is -1.25. The van der Waals surface area contributed by atoms with Crippen molar-refractivity contribution in [3.63, 3.8) is 0 Å². The maximum atomic E-state index is 13.1. The number of hydrogen-bond acceptors (Lipinski definition) is 7. The van der Waals surface area contributed by atoms with Crippen LogP contribution in [0.25, 0.3) is 0 Å². The molecule has 2 rings (SSSR count). The fourth-order valence-corrected chi connectivity index (χ4v) is 3.79. The number of rotatable bonds is 11. The summed E-state index contributed by atoms with van der Waals surface area (Å²) in [7, 11) is 0. The summed E-state index contributed by atoms with van der Waals surface area (Å²) in [4.78, 5) is 58.1. The van der Waals surface area contributed by atoms with Gasteiger partial charge in [0.05, 0.1) is 18.5 Å². The molecule has 184 valence electrons. The van der Waals surface area contributed by atoms with E-state index >= 15 is 0 Å². The first kappa shape index (κ1) is 26.3. The molecule has 1 fully saturated rings. The van der Waals surface area contributed by atoms with Gasteiger partial charge >= 0.3 is 5.97 Å². The number of nitrogens with one attached hydrogen (secondary N) is 3. The molecule has 6 atom stereocenters. The summed E-state index contributed by atoms with van der Waals surface area (Å²) in [6, 6.07) is -4.28. The van der Waals surface area contributed by atoms with Crippen molar-refractivity contribution in [2.24, 2.45) is 11.7 Å². The van der Waals surface area contributed by atoms with Crippen molar-refractivity contribution < 1.29 is 29.4 Å². The maximum Gasteiger partial charge on any atom is 0.326 e. The largest absolute Gasteiger partial charge is 0.480 e. The van der Waals surface area contributed by atoms with Crippen molar-refractivity contribution in [3.8, 4) is 0 Å². The number of likely N-dealkylation sites (tertiary alicyclic amines) is 1. The molecule has 0 radical (unpaired) electrons. The third-order valence-electron chi connectivity index (χ3n) is 5.99. The lowest BCUT2D eigenvalue weighted by atomic mass is 9.96. The molecule has 1 aliphatic rings. The molecule has 12 heteroatoms. The standard InChI is InChI=1S/C21H34N6O6/c1-4-11(2)16(25-18(29)14(22)8-13-9-23-10-24-13)19(30)26-17(12(3)28)20(31)27-7-5-6-15(27)21(32)33/h9-12,14-17,28H,4-8,22H2,1-3H3,(H,23,24)(H,25,29)(H,26,30)(H,32,33). The molecule has 1 aliphatic heterocycles. The average Bonchev–Trinajstić information content (AvgIpc) is 3.46. The van der Waals surface area contributed by atoms with Crippen molar-refractivity contribution in [1.29, 1.82) is 0 Å². The van der Waals surface area contributed by atoms with Crippen molar-refractivity contribution in [1.82, 2.24) is 25.5 Å².